The molecule has 0 radical (unpaired) electrons. The van der Waals surface area contributed by atoms with E-state index in [1.54, 1.807) is 30.3 Å². The van der Waals surface area contributed by atoms with Crippen molar-refractivity contribution < 1.29 is 9.53 Å². The SMILES string of the molecule is CCOC(=O)c1nn(CCCn2ccnc2)cc1N. The minimum Gasteiger partial charge on any atom is -0.461 e. The lowest BCUT2D eigenvalue weighted by Crippen LogP contribution is -2.09. The van der Waals surface area contributed by atoms with E-state index in [4.69, 9.17) is 10.5 Å². The standard InChI is InChI=1S/C12H17N5O2/c1-2-19-12(18)11-10(13)8-17(15-11)6-3-5-16-7-4-14-9-16/h4,7-9H,2-3,5-6,13H2,1H3. The van der Waals surface area contributed by atoms with Crippen LogP contribution in [0.1, 0.15) is 23.8 Å². The zero-order valence-corrected chi connectivity index (χ0v) is 10.8. The summed E-state index contributed by atoms with van der Waals surface area (Å²) in [5, 5.41) is 4.14. The molecular weight excluding hydrogens is 246 g/mol. The van der Waals surface area contributed by atoms with E-state index < -0.39 is 5.97 Å². The summed E-state index contributed by atoms with van der Waals surface area (Å²) < 4.78 is 8.53. The number of nitrogens with two attached hydrogens (primary N) is 1. The number of esters is 1. The Kier molecular flexibility index (Phi) is 4.17. The van der Waals surface area contributed by atoms with E-state index in [0.29, 0.717) is 18.8 Å². The van der Waals surface area contributed by atoms with E-state index in [1.807, 2.05) is 10.8 Å². The molecule has 2 aromatic heterocycles. The van der Waals surface area contributed by atoms with E-state index >= 15 is 0 Å². The summed E-state index contributed by atoms with van der Waals surface area (Å²) in [4.78, 5) is 15.5. The van der Waals surface area contributed by atoms with Gasteiger partial charge in [0.1, 0.15) is 0 Å². The molecule has 0 aliphatic heterocycles. The summed E-state index contributed by atoms with van der Waals surface area (Å²) in [6, 6.07) is 0. The van der Waals surface area contributed by atoms with Crippen LogP contribution in [0.2, 0.25) is 0 Å². The van der Waals surface area contributed by atoms with Crippen LogP contribution in [0.15, 0.2) is 24.9 Å². The van der Waals surface area contributed by atoms with Crippen molar-refractivity contribution in [2.24, 2.45) is 0 Å². The molecule has 0 aromatic carbocycles. The van der Waals surface area contributed by atoms with E-state index in [-0.39, 0.29) is 5.69 Å². The third kappa shape index (κ3) is 3.34. The Labute approximate surface area is 111 Å². The Bertz CT molecular complexity index is 532. The molecule has 0 atom stereocenters. The number of anilines is 1. The zero-order valence-electron chi connectivity index (χ0n) is 10.8. The number of rotatable bonds is 6. The van der Waals surface area contributed by atoms with Gasteiger partial charge in [-0.2, -0.15) is 5.10 Å². The molecule has 0 amide bonds. The quantitative estimate of drug-likeness (QED) is 0.783. The van der Waals surface area contributed by atoms with Crippen LogP contribution in [0, 0.1) is 0 Å². The third-order valence-electron chi connectivity index (χ3n) is 2.62. The zero-order chi connectivity index (χ0) is 13.7. The molecule has 2 N–H and O–H groups in total. The van der Waals surface area contributed by atoms with Gasteiger partial charge in [0.15, 0.2) is 5.69 Å². The number of aromatic nitrogens is 4. The van der Waals surface area contributed by atoms with E-state index in [2.05, 4.69) is 10.1 Å². The number of carbonyl (C=O) groups excluding carboxylic acids is 1. The number of hydrogen-bond donors (Lipinski definition) is 1. The van der Waals surface area contributed by atoms with Gasteiger partial charge < -0.3 is 15.0 Å². The number of nitrogens with zero attached hydrogens (tertiary/aromatic N) is 4. The second kappa shape index (κ2) is 6.03. The predicted molar refractivity (Wildman–Crippen MR) is 69.4 cm³/mol. The lowest BCUT2D eigenvalue weighted by molar-refractivity contribution is 0.0519. The van der Waals surface area contributed by atoms with Crippen LogP contribution in [0.25, 0.3) is 0 Å². The van der Waals surface area contributed by atoms with Gasteiger partial charge in [-0.05, 0) is 13.3 Å². The van der Waals surface area contributed by atoms with Gasteiger partial charge >= 0.3 is 5.97 Å². The van der Waals surface area contributed by atoms with Crippen molar-refractivity contribution in [1.82, 2.24) is 19.3 Å². The van der Waals surface area contributed by atoms with Crippen LogP contribution in [0.5, 0.6) is 0 Å². The highest BCUT2D eigenvalue weighted by molar-refractivity contribution is 5.92. The van der Waals surface area contributed by atoms with Crippen LogP contribution in [0.4, 0.5) is 5.69 Å². The number of ether oxygens (including phenoxy) is 1. The highest BCUT2D eigenvalue weighted by Gasteiger charge is 2.15. The Hall–Kier alpha value is -2.31. The predicted octanol–water partition coefficient (Wildman–Crippen LogP) is 0.929. The molecule has 0 bridgehead atoms. The van der Waals surface area contributed by atoms with Gasteiger partial charge in [-0.3, -0.25) is 4.68 Å². The Morgan fingerprint density at radius 3 is 3.00 bits per heavy atom. The fourth-order valence-corrected chi connectivity index (χ4v) is 1.74. The monoisotopic (exact) mass is 263 g/mol. The molecule has 102 valence electrons. The van der Waals surface area contributed by atoms with Crippen molar-refractivity contribution >= 4 is 11.7 Å². The summed E-state index contributed by atoms with van der Waals surface area (Å²) in [6.07, 6.45) is 7.94. The first kappa shape index (κ1) is 13.1. The van der Waals surface area contributed by atoms with Crippen molar-refractivity contribution in [1.29, 1.82) is 0 Å². The molecule has 0 aliphatic carbocycles. The fraction of sp³-hybridized carbons (Fsp3) is 0.417. The number of aryl methyl sites for hydroxylation is 2. The molecule has 2 aromatic rings. The molecule has 0 aliphatic rings. The number of carbonyl (C=O) groups is 1. The van der Waals surface area contributed by atoms with Crippen LogP contribution in [0.3, 0.4) is 0 Å². The Morgan fingerprint density at radius 2 is 2.32 bits per heavy atom. The number of imidazole rings is 1. The van der Waals surface area contributed by atoms with Crippen LogP contribution >= 0.6 is 0 Å². The van der Waals surface area contributed by atoms with Gasteiger partial charge in [-0.1, -0.05) is 0 Å². The number of nitrogen functional groups attached to an aromatic ring is 1. The molecule has 0 spiro atoms. The lowest BCUT2D eigenvalue weighted by atomic mass is 10.4. The molecule has 7 heteroatoms. The molecule has 7 nitrogen and oxygen atoms in total. The first-order valence-electron chi connectivity index (χ1n) is 6.16. The van der Waals surface area contributed by atoms with Crippen molar-refractivity contribution in [3.63, 3.8) is 0 Å². The van der Waals surface area contributed by atoms with Gasteiger partial charge in [0.25, 0.3) is 0 Å². The molecule has 0 saturated carbocycles. The summed E-state index contributed by atoms with van der Waals surface area (Å²) >= 11 is 0. The van der Waals surface area contributed by atoms with Gasteiger partial charge in [-0.15, -0.1) is 0 Å². The van der Waals surface area contributed by atoms with E-state index in [9.17, 15) is 4.79 Å². The molecule has 2 heterocycles. The summed E-state index contributed by atoms with van der Waals surface area (Å²) in [5.74, 6) is -0.478. The summed E-state index contributed by atoms with van der Waals surface area (Å²) in [5.41, 5.74) is 6.27. The van der Waals surface area contributed by atoms with Gasteiger partial charge in [0.2, 0.25) is 0 Å². The summed E-state index contributed by atoms with van der Waals surface area (Å²) in [7, 11) is 0. The maximum atomic E-state index is 11.5. The smallest absolute Gasteiger partial charge is 0.361 e. The van der Waals surface area contributed by atoms with Crippen LogP contribution < -0.4 is 5.73 Å². The molecule has 19 heavy (non-hydrogen) atoms. The number of hydrogen-bond acceptors (Lipinski definition) is 5. The highest BCUT2D eigenvalue weighted by Crippen LogP contribution is 2.11. The minimum absolute atomic E-state index is 0.185. The third-order valence-corrected chi connectivity index (χ3v) is 2.62. The Morgan fingerprint density at radius 1 is 1.47 bits per heavy atom. The van der Waals surface area contributed by atoms with Crippen molar-refractivity contribution in [2.75, 3.05) is 12.3 Å². The largest absolute Gasteiger partial charge is 0.461 e. The first-order valence-corrected chi connectivity index (χ1v) is 6.16. The second-order valence-corrected chi connectivity index (χ2v) is 4.07. The van der Waals surface area contributed by atoms with E-state index in [1.165, 1.54) is 0 Å². The van der Waals surface area contributed by atoms with E-state index in [0.717, 1.165) is 13.0 Å². The maximum absolute atomic E-state index is 11.5. The summed E-state index contributed by atoms with van der Waals surface area (Å²) in [6.45, 7) is 3.58. The topological polar surface area (TPSA) is 88.0 Å². The molecule has 0 fully saturated rings. The average molecular weight is 263 g/mol. The van der Waals surface area contributed by atoms with Crippen molar-refractivity contribution in [3.8, 4) is 0 Å². The van der Waals surface area contributed by atoms with Crippen molar-refractivity contribution in [2.45, 2.75) is 26.4 Å². The average Bonchev–Trinajstić information content (AvgIpc) is 2.99. The molecule has 2 rings (SSSR count). The van der Waals surface area contributed by atoms with Crippen LogP contribution in [-0.2, 0) is 17.8 Å². The minimum atomic E-state index is -0.478. The Balaban J connectivity index is 1.90. The van der Waals surface area contributed by atoms with Gasteiger partial charge in [0.05, 0.1) is 18.6 Å². The molecule has 0 unspecified atom stereocenters. The van der Waals surface area contributed by atoms with Crippen LogP contribution in [-0.4, -0.2) is 31.9 Å². The van der Waals surface area contributed by atoms with Gasteiger partial charge in [-0.25, -0.2) is 9.78 Å². The van der Waals surface area contributed by atoms with Crippen molar-refractivity contribution in [3.05, 3.63) is 30.6 Å². The van der Waals surface area contributed by atoms with Gasteiger partial charge in [0, 0.05) is 31.7 Å². The highest BCUT2D eigenvalue weighted by atomic mass is 16.5. The molecular formula is C12H17N5O2. The fourth-order valence-electron chi connectivity index (χ4n) is 1.74. The maximum Gasteiger partial charge on any atom is 0.361 e. The second-order valence-electron chi connectivity index (χ2n) is 4.07. The lowest BCUT2D eigenvalue weighted by Gasteiger charge is -2.02. The molecule has 0 saturated heterocycles. The normalized spacial score (nSPS) is 10.6. The first-order chi connectivity index (χ1) is 9.20.